The fourth-order valence-corrected chi connectivity index (χ4v) is 5.24. The molecular weight excluding hydrogens is 534 g/mol. The number of halogens is 4. The van der Waals surface area contributed by atoms with Crippen molar-refractivity contribution < 1.29 is 36.6 Å². The highest BCUT2D eigenvalue weighted by atomic mass is 19.4. The van der Waals surface area contributed by atoms with Crippen molar-refractivity contribution >= 4 is 23.5 Å². The second-order valence-electron chi connectivity index (χ2n) is 10.1. The van der Waals surface area contributed by atoms with Crippen molar-refractivity contribution in [2.24, 2.45) is 5.92 Å². The SMILES string of the molecule is COc1cc(C(=O)NC2CCOCC2)c(F)cc1Nc1ncc(C(F)(F)F)c(C[C@@H]2CCCC[C@H]2NC(C)=O)n1. The van der Waals surface area contributed by atoms with Crippen LogP contribution in [0.5, 0.6) is 5.75 Å². The smallest absolute Gasteiger partial charge is 0.419 e. The molecule has 2 aliphatic rings. The quantitative estimate of drug-likeness (QED) is 0.402. The van der Waals surface area contributed by atoms with Crippen LogP contribution in [0.1, 0.15) is 67.1 Å². The molecule has 2 heterocycles. The van der Waals surface area contributed by atoms with Crippen LogP contribution in [0.2, 0.25) is 0 Å². The van der Waals surface area contributed by atoms with Gasteiger partial charge in [0.15, 0.2) is 0 Å². The molecule has 1 aromatic carbocycles. The van der Waals surface area contributed by atoms with Crippen LogP contribution >= 0.6 is 0 Å². The Balaban J connectivity index is 1.58. The molecule has 2 fully saturated rings. The van der Waals surface area contributed by atoms with Gasteiger partial charge in [-0.2, -0.15) is 13.2 Å². The third kappa shape index (κ3) is 7.38. The Bertz CT molecular complexity index is 1220. The Hall–Kier alpha value is -3.48. The van der Waals surface area contributed by atoms with E-state index in [0.29, 0.717) is 45.1 Å². The Morgan fingerprint density at radius 2 is 1.82 bits per heavy atom. The number of rotatable bonds is 8. The Morgan fingerprint density at radius 1 is 1.10 bits per heavy atom. The van der Waals surface area contributed by atoms with Gasteiger partial charge in [-0.15, -0.1) is 0 Å². The lowest BCUT2D eigenvalue weighted by Gasteiger charge is -2.32. The Labute approximate surface area is 229 Å². The van der Waals surface area contributed by atoms with Crippen LogP contribution in [0, 0.1) is 11.7 Å². The molecule has 0 unspecified atom stereocenters. The van der Waals surface area contributed by atoms with Gasteiger partial charge in [-0.05, 0) is 44.1 Å². The maximum atomic E-state index is 15.0. The van der Waals surface area contributed by atoms with Gasteiger partial charge in [0.1, 0.15) is 11.6 Å². The van der Waals surface area contributed by atoms with Gasteiger partial charge in [0.2, 0.25) is 11.9 Å². The van der Waals surface area contributed by atoms with E-state index < -0.39 is 23.5 Å². The first-order valence-corrected chi connectivity index (χ1v) is 13.3. The number of carbonyl (C=O) groups excluding carboxylic acids is 2. The highest BCUT2D eigenvalue weighted by Gasteiger charge is 2.37. The maximum Gasteiger partial charge on any atom is 0.419 e. The van der Waals surface area contributed by atoms with E-state index in [1.54, 1.807) is 0 Å². The molecule has 1 saturated carbocycles. The number of amides is 2. The number of alkyl halides is 3. The number of benzene rings is 1. The predicted octanol–water partition coefficient (Wildman–Crippen LogP) is 4.53. The van der Waals surface area contributed by atoms with Crippen molar-refractivity contribution in [3.8, 4) is 5.75 Å². The highest BCUT2D eigenvalue weighted by Crippen LogP contribution is 2.36. The van der Waals surface area contributed by atoms with Gasteiger partial charge < -0.3 is 25.4 Å². The van der Waals surface area contributed by atoms with Gasteiger partial charge in [-0.3, -0.25) is 9.59 Å². The molecule has 2 atom stereocenters. The molecule has 1 aliphatic heterocycles. The molecule has 218 valence electrons. The number of anilines is 2. The molecule has 0 spiro atoms. The standard InChI is InChI=1S/C27H33F4N5O4/c1-15(37)33-21-6-4-3-5-16(21)11-22-19(27(29,30)31)14-32-26(35-22)36-23-13-20(28)18(12-24(23)39-2)25(38)34-17-7-9-40-10-8-17/h12-14,16-17,21H,3-11H2,1-2H3,(H,33,37)(H,34,38)(H,32,35,36)/t16-,21+/m0/s1. The van der Waals surface area contributed by atoms with Gasteiger partial charge in [-0.1, -0.05) is 12.8 Å². The molecular formula is C27H33F4N5O4. The molecule has 3 N–H and O–H groups in total. The summed E-state index contributed by atoms with van der Waals surface area (Å²) in [5.74, 6) is -2.03. The Morgan fingerprint density at radius 3 is 2.50 bits per heavy atom. The predicted molar refractivity (Wildman–Crippen MR) is 138 cm³/mol. The zero-order valence-electron chi connectivity index (χ0n) is 22.4. The number of methoxy groups -OCH3 is 1. The summed E-state index contributed by atoms with van der Waals surface area (Å²) in [6.45, 7) is 2.39. The van der Waals surface area contributed by atoms with Crippen LogP contribution < -0.4 is 20.7 Å². The largest absolute Gasteiger partial charge is 0.495 e. The van der Waals surface area contributed by atoms with E-state index in [0.717, 1.165) is 18.9 Å². The first kappa shape index (κ1) is 29.5. The number of carbonyl (C=O) groups is 2. The molecule has 13 heteroatoms. The number of hydrogen-bond donors (Lipinski definition) is 3. The second-order valence-corrected chi connectivity index (χ2v) is 10.1. The molecule has 1 aromatic heterocycles. The molecule has 1 aliphatic carbocycles. The first-order valence-electron chi connectivity index (χ1n) is 13.3. The zero-order valence-corrected chi connectivity index (χ0v) is 22.4. The molecule has 4 rings (SSSR count). The van der Waals surface area contributed by atoms with Gasteiger partial charge in [0.05, 0.1) is 29.6 Å². The first-order chi connectivity index (χ1) is 19.0. The van der Waals surface area contributed by atoms with Gasteiger partial charge in [0.25, 0.3) is 5.91 Å². The number of aromatic nitrogens is 2. The van der Waals surface area contributed by atoms with Crippen molar-refractivity contribution in [1.82, 2.24) is 20.6 Å². The van der Waals surface area contributed by atoms with Crippen LogP contribution in [0.3, 0.4) is 0 Å². The van der Waals surface area contributed by atoms with E-state index in [4.69, 9.17) is 9.47 Å². The zero-order chi connectivity index (χ0) is 28.9. The molecule has 0 bridgehead atoms. The molecule has 40 heavy (non-hydrogen) atoms. The average molecular weight is 568 g/mol. The van der Waals surface area contributed by atoms with Crippen LogP contribution in [-0.4, -0.2) is 54.2 Å². The summed E-state index contributed by atoms with van der Waals surface area (Å²) in [4.78, 5) is 32.3. The summed E-state index contributed by atoms with van der Waals surface area (Å²) >= 11 is 0. The fourth-order valence-electron chi connectivity index (χ4n) is 5.24. The lowest BCUT2D eigenvalue weighted by atomic mass is 9.81. The lowest BCUT2D eigenvalue weighted by Crippen LogP contribution is -2.42. The minimum absolute atomic E-state index is 0.0200. The minimum Gasteiger partial charge on any atom is -0.495 e. The van der Waals surface area contributed by atoms with Crippen molar-refractivity contribution in [2.45, 2.75) is 70.1 Å². The van der Waals surface area contributed by atoms with E-state index in [1.165, 1.54) is 20.1 Å². The summed E-state index contributed by atoms with van der Waals surface area (Å²) in [5, 5.41) is 8.37. The van der Waals surface area contributed by atoms with Crippen molar-refractivity contribution in [3.05, 3.63) is 41.0 Å². The summed E-state index contributed by atoms with van der Waals surface area (Å²) in [6.07, 6.45) is 0.247. The topological polar surface area (TPSA) is 114 Å². The summed E-state index contributed by atoms with van der Waals surface area (Å²) < 4.78 is 67.2. The van der Waals surface area contributed by atoms with Gasteiger partial charge in [0, 0.05) is 44.5 Å². The Kier molecular flexibility index (Phi) is 9.44. The number of hydrogen-bond acceptors (Lipinski definition) is 7. The minimum atomic E-state index is -4.69. The van der Waals surface area contributed by atoms with Crippen LogP contribution in [0.4, 0.5) is 29.2 Å². The summed E-state index contributed by atoms with van der Waals surface area (Å²) in [5.41, 5.74) is -1.38. The average Bonchev–Trinajstić information content (AvgIpc) is 2.89. The van der Waals surface area contributed by atoms with E-state index in [9.17, 15) is 22.8 Å². The van der Waals surface area contributed by atoms with Crippen molar-refractivity contribution in [3.63, 3.8) is 0 Å². The van der Waals surface area contributed by atoms with Crippen LogP contribution in [-0.2, 0) is 22.1 Å². The monoisotopic (exact) mass is 567 g/mol. The number of nitrogens with one attached hydrogen (secondary N) is 3. The van der Waals surface area contributed by atoms with Crippen LogP contribution in [0.25, 0.3) is 0 Å². The highest BCUT2D eigenvalue weighted by molar-refractivity contribution is 5.96. The summed E-state index contributed by atoms with van der Waals surface area (Å²) in [7, 11) is 1.32. The maximum absolute atomic E-state index is 15.0. The molecule has 1 saturated heterocycles. The van der Waals surface area contributed by atoms with E-state index in [1.807, 2.05) is 0 Å². The number of ether oxygens (including phenoxy) is 2. The van der Waals surface area contributed by atoms with E-state index >= 15 is 4.39 Å². The third-order valence-corrected chi connectivity index (χ3v) is 7.26. The normalized spacial score (nSPS) is 20.1. The number of nitrogens with zero attached hydrogens (tertiary/aromatic N) is 2. The van der Waals surface area contributed by atoms with Crippen molar-refractivity contribution in [1.29, 1.82) is 0 Å². The molecule has 0 radical (unpaired) electrons. The van der Waals surface area contributed by atoms with Gasteiger partial charge >= 0.3 is 6.18 Å². The lowest BCUT2D eigenvalue weighted by molar-refractivity contribution is -0.139. The van der Waals surface area contributed by atoms with Crippen molar-refractivity contribution in [2.75, 3.05) is 25.6 Å². The van der Waals surface area contributed by atoms with Gasteiger partial charge in [-0.25, -0.2) is 14.4 Å². The molecule has 9 nitrogen and oxygen atoms in total. The molecule has 2 aromatic rings. The van der Waals surface area contributed by atoms with Crippen LogP contribution in [0.15, 0.2) is 18.3 Å². The second kappa shape index (κ2) is 12.8. The fraction of sp³-hybridized carbons (Fsp3) is 0.556. The summed E-state index contributed by atoms with van der Waals surface area (Å²) in [6, 6.07) is 1.84. The van der Waals surface area contributed by atoms with E-state index in [2.05, 4.69) is 25.9 Å². The van der Waals surface area contributed by atoms with E-state index in [-0.39, 0.29) is 59.0 Å². The third-order valence-electron chi connectivity index (χ3n) is 7.26. The molecule has 2 amide bonds.